The standard InChI is InChI=1S/C21H25ClN2O6S/c1-13-6-9-17(29-5)16(10-13)23-19(25)12-30-20(26)14-7-8-15(22)18(11-14)31(27,28)24-21(2,3)4/h6-11,24H,12H2,1-5H3,(H,23,25). The molecule has 0 aromatic heterocycles. The number of hydrogen-bond donors (Lipinski definition) is 2. The summed E-state index contributed by atoms with van der Waals surface area (Å²) in [4.78, 5) is 24.3. The Morgan fingerprint density at radius 2 is 1.77 bits per heavy atom. The molecule has 0 bridgehead atoms. The van der Waals surface area contributed by atoms with Gasteiger partial charge in [0.05, 0.1) is 23.4 Å². The molecule has 10 heteroatoms. The summed E-state index contributed by atoms with van der Waals surface area (Å²) in [5.41, 5.74) is 0.552. The number of benzene rings is 2. The van der Waals surface area contributed by atoms with E-state index in [1.807, 2.05) is 13.0 Å². The normalized spacial score (nSPS) is 11.7. The summed E-state index contributed by atoms with van der Waals surface area (Å²) >= 11 is 6.03. The Morgan fingerprint density at radius 3 is 2.39 bits per heavy atom. The quantitative estimate of drug-likeness (QED) is 0.601. The fraction of sp³-hybridized carbons (Fsp3) is 0.333. The molecular weight excluding hydrogens is 444 g/mol. The number of ether oxygens (including phenoxy) is 2. The highest BCUT2D eigenvalue weighted by Gasteiger charge is 2.25. The second-order valence-corrected chi connectivity index (χ2v) is 9.89. The van der Waals surface area contributed by atoms with Crippen LogP contribution >= 0.6 is 11.6 Å². The van der Waals surface area contributed by atoms with Crippen LogP contribution in [0.25, 0.3) is 0 Å². The molecule has 0 aliphatic carbocycles. The van der Waals surface area contributed by atoms with Crippen molar-refractivity contribution < 1.29 is 27.5 Å². The molecule has 0 fully saturated rings. The summed E-state index contributed by atoms with van der Waals surface area (Å²) in [6.07, 6.45) is 0. The van der Waals surface area contributed by atoms with Crippen LogP contribution in [0.3, 0.4) is 0 Å². The summed E-state index contributed by atoms with van der Waals surface area (Å²) in [6, 6.07) is 8.97. The second kappa shape index (κ2) is 9.67. The van der Waals surface area contributed by atoms with Gasteiger partial charge >= 0.3 is 5.97 Å². The maximum atomic E-state index is 12.6. The Bertz CT molecular complexity index is 1090. The van der Waals surface area contributed by atoms with Crippen LogP contribution in [0.2, 0.25) is 5.02 Å². The van der Waals surface area contributed by atoms with Crippen molar-refractivity contribution in [2.45, 2.75) is 38.1 Å². The predicted octanol–water partition coefficient (Wildman–Crippen LogP) is 3.53. The maximum absolute atomic E-state index is 12.6. The van der Waals surface area contributed by atoms with Crippen molar-refractivity contribution in [1.29, 1.82) is 0 Å². The molecule has 168 valence electrons. The van der Waals surface area contributed by atoms with Crippen LogP contribution in [-0.2, 0) is 19.6 Å². The molecular formula is C21H25ClN2O6S. The van der Waals surface area contributed by atoms with E-state index in [0.29, 0.717) is 11.4 Å². The monoisotopic (exact) mass is 468 g/mol. The summed E-state index contributed by atoms with van der Waals surface area (Å²) in [5, 5.41) is 2.57. The van der Waals surface area contributed by atoms with Gasteiger partial charge in [0.15, 0.2) is 6.61 Å². The lowest BCUT2D eigenvalue weighted by Crippen LogP contribution is -2.40. The average molecular weight is 469 g/mol. The third kappa shape index (κ3) is 6.95. The molecule has 8 nitrogen and oxygen atoms in total. The third-order valence-electron chi connectivity index (χ3n) is 3.86. The number of hydrogen-bond acceptors (Lipinski definition) is 6. The first kappa shape index (κ1) is 24.6. The zero-order valence-corrected chi connectivity index (χ0v) is 19.5. The molecule has 0 saturated heterocycles. The van der Waals surface area contributed by atoms with E-state index < -0.39 is 34.0 Å². The third-order valence-corrected chi connectivity index (χ3v) is 6.10. The highest BCUT2D eigenvalue weighted by atomic mass is 35.5. The SMILES string of the molecule is COc1ccc(C)cc1NC(=O)COC(=O)c1ccc(Cl)c(S(=O)(=O)NC(C)(C)C)c1. The van der Waals surface area contributed by atoms with Crippen LogP contribution in [0.4, 0.5) is 5.69 Å². The van der Waals surface area contributed by atoms with Crippen molar-refractivity contribution in [3.63, 3.8) is 0 Å². The van der Waals surface area contributed by atoms with Crippen LogP contribution in [0.1, 0.15) is 36.7 Å². The first-order valence-corrected chi connectivity index (χ1v) is 11.1. The maximum Gasteiger partial charge on any atom is 0.338 e. The fourth-order valence-corrected chi connectivity index (χ4v) is 4.56. The highest BCUT2D eigenvalue weighted by molar-refractivity contribution is 7.89. The number of rotatable bonds is 7. The molecule has 0 aliphatic rings. The Hall–Kier alpha value is -2.62. The number of amides is 1. The Kier molecular flexibility index (Phi) is 7.69. The fourth-order valence-electron chi connectivity index (χ4n) is 2.61. The molecule has 0 atom stereocenters. The van der Waals surface area contributed by atoms with Gasteiger partial charge in [0.2, 0.25) is 10.0 Å². The van der Waals surface area contributed by atoms with Crippen LogP contribution in [0, 0.1) is 6.92 Å². The lowest BCUT2D eigenvalue weighted by atomic mass is 10.1. The van der Waals surface area contributed by atoms with E-state index in [-0.39, 0.29) is 15.5 Å². The van der Waals surface area contributed by atoms with Gasteiger partial charge < -0.3 is 14.8 Å². The van der Waals surface area contributed by atoms with Crippen molar-refractivity contribution in [2.24, 2.45) is 0 Å². The van der Waals surface area contributed by atoms with Gasteiger partial charge in [-0.25, -0.2) is 17.9 Å². The van der Waals surface area contributed by atoms with Crippen molar-refractivity contribution in [2.75, 3.05) is 19.0 Å². The molecule has 1 amide bonds. The Labute approximate surface area is 186 Å². The van der Waals surface area contributed by atoms with Gasteiger partial charge in [0.25, 0.3) is 5.91 Å². The minimum Gasteiger partial charge on any atom is -0.495 e. The van der Waals surface area contributed by atoms with Crippen LogP contribution < -0.4 is 14.8 Å². The number of carbonyl (C=O) groups excluding carboxylic acids is 2. The number of nitrogens with one attached hydrogen (secondary N) is 2. The second-order valence-electron chi connectivity index (χ2n) is 7.83. The first-order valence-electron chi connectivity index (χ1n) is 9.27. The van der Waals surface area contributed by atoms with Gasteiger partial charge in [0, 0.05) is 5.54 Å². The summed E-state index contributed by atoms with van der Waals surface area (Å²) in [5.74, 6) is -0.979. The number of aryl methyl sites for hydroxylation is 1. The topological polar surface area (TPSA) is 111 Å². The molecule has 0 heterocycles. The zero-order chi connectivity index (χ0) is 23.4. The Balaban J connectivity index is 2.11. The molecule has 2 aromatic rings. The van der Waals surface area contributed by atoms with E-state index >= 15 is 0 Å². The van der Waals surface area contributed by atoms with Gasteiger partial charge in [-0.1, -0.05) is 17.7 Å². The molecule has 0 spiro atoms. The molecule has 0 saturated carbocycles. The van der Waals surface area contributed by atoms with Crippen molar-refractivity contribution in [3.05, 3.63) is 52.5 Å². The van der Waals surface area contributed by atoms with Gasteiger partial charge in [-0.05, 0) is 63.6 Å². The predicted molar refractivity (Wildman–Crippen MR) is 118 cm³/mol. The first-order chi connectivity index (χ1) is 14.3. The van der Waals surface area contributed by atoms with Crippen LogP contribution in [0.15, 0.2) is 41.3 Å². The summed E-state index contributed by atoms with van der Waals surface area (Å²) < 4.78 is 37.8. The van der Waals surface area contributed by atoms with E-state index in [0.717, 1.165) is 11.6 Å². The van der Waals surface area contributed by atoms with Crippen LogP contribution in [-0.4, -0.2) is 39.5 Å². The highest BCUT2D eigenvalue weighted by Crippen LogP contribution is 2.26. The molecule has 2 rings (SSSR count). The van der Waals surface area contributed by atoms with Gasteiger partial charge in [-0.3, -0.25) is 4.79 Å². The minimum atomic E-state index is -3.97. The molecule has 0 unspecified atom stereocenters. The molecule has 31 heavy (non-hydrogen) atoms. The smallest absolute Gasteiger partial charge is 0.338 e. The molecule has 2 N–H and O–H groups in total. The van der Waals surface area contributed by atoms with E-state index in [1.165, 1.54) is 19.2 Å². The number of esters is 1. The van der Waals surface area contributed by atoms with Gasteiger partial charge in [-0.2, -0.15) is 0 Å². The molecule has 0 radical (unpaired) electrons. The number of sulfonamides is 1. The lowest BCUT2D eigenvalue weighted by Gasteiger charge is -2.21. The van der Waals surface area contributed by atoms with Crippen molar-refractivity contribution in [1.82, 2.24) is 4.72 Å². The average Bonchev–Trinajstić information content (AvgIpc) is 2.64. The number of anilines is 1. The van der Waals surface area contributed by atoms with E-state index in [1.54, 1.807) is 32.9 Å². The molecule has 0 aliphatic heterocycles. The van der Waals surface area contributed by atoms with Crippen molar-refractivity contribution in [3.8, 4) is 5.75 Å². The van der Waals surface area contributed by atoms with E-state index in [4.69, 9.17) is 21.1 Å². The van der Waals surface area contributed by atoms with E-state index in [9.17, 15) is 18.0 Å². The minimum absolute atomic E-state index is 0.0439. The van der Waals surface area contributed by atoms with Gasteiger partial charge in [0.1, 0.15) is 10.6 Å². The Morgan fingerprint density at radius 1 is 1.10 bits per heavy atom. The molecule has 2 aromatic carbocycles. The van der Waals surface area contributed by atoms with Gasteiger partial charge in [-0.15, -0.1) is 0 Å². The number of methoxy groups -OCH3 is 1. The summed E-state index contributed by atoms with van der Waals surface area (Å²) in [7, 11) is -2.50. The summed E-state index contributed by atoms with van der Waals surface area (Å²) in [6.45, 7) is 6.33. The largest absolute Gasteiger partial charge is 0.495 e. The number of halogens is 1. The lowest BCUT2D eigenvalue weighted by molar-refractivity contribution is -0.119. The zero-order valence-electron chi connectivity index (χ0n) is 17.9. The van der Waals surface area contributed by atoms with Crippen molar-refractivity contribution >= 4 is 39.2 Å². The van der Waals surface area contributed by atoms with Crippen LogP contribution in [0.5, 0.6) is 5.75 Å². The number of carbonyl (C=O) groups is 2. The van der Waals surface area contributed by atoms with E-state index in [2.05, 4.69) is 10.0 Å².